The molecule has 1 N–H and O–H groups in total. The van der Waals surface area contributed by atoms with Gasteiger partial charge in [-0.3, -0.25) is 4.79 Å². The Labute approximate surface area is 158 Å². The summed E-state index contributed by atoms with van der Waals surface area (Å²) in [5.41, 5.74) is 4.21. The monoisotopic (exact) mass is 363 g/mol. The van der Waals surface area contributed by atoms with Crippen LogP contribution in [0, 0.1) is 0 Å². The van der Waals surface area contributed by atoms with E-state index in [2.05, 4.69) is 10.1 Å². The van der Waals surface area contributed by atoms with Gasteiger partial charge in [0.05, 0.1) is 12.8 Å². The number of hydrogen-bond donors (Lipinski definition) is 1. The SMILES string of the molecule is Bc1ccc(-c2[nH]c3cc(C(=O)OC)nn3c(=O)c2C2CCCCC2)cc1. The van der Waals surface area contributed by atoms with Crippen molar-refractivity contribution in [3.05, 3.63) is 51.9 Å². The van der Waals surface area contributed by atoms with Gasteiger partial charge < -0.3 is 9.72 Å². The van der Waals surface area contributed by atoms with E-state index in [0.717, 1.165) is 42.5 Å². The number of fused-ring (bicyclic) bond motifs is 1. The van der Waals surface area contributed by atoms with Gasteiger partial charge in [-0.1, -0.05) is 49.0 Å². The predicted molar refractivity (Wildman–Crippen MR) is 107 cm³/mol. The van der Waals surface area contributed by atoms with E-state index < -0.39 is 5.97 Å². The van der Waals surface area contributed by atoms with Gasteiger partial charge in [-0.2, -0.15) is 9.61 Å². The molecule has 0 spiro atoms. The molecule has 0 unspecified atom stereocenters. The molecule has 2 aromatic heterocycles. The Morgan fingerprint density at radius 1 is 1.22 bits per heavy atom. The Balaban J connectivity index is 1.96. The third kappa shape index (κ3) is 3.18. The fourth-order valence-electron chi connectivity index (χ4n) is 3.96. The Hall–Kier alpha value is -2.83. The van der Waals surface area contributed by atoms with E-state index in [9.17, 15) is 9.59 Å². The van der Waals surface area contributed by atoms with Crippen molar-refractivity contribution in [1.82, 2.24) is 14.6 Å². The summed E-state index contributed by atoms with van der Waals surface area (Å²) < 4.78 is 6.05. The molecular formula is C20H22BN3O3. The number of carbonyl (C=O) groups excluding carboxylic acids is 1. The first kappa shape index (κ1) is 17.6. The molecular weight excluding hydrogens is 341 g/mol. The largest absolute Gasteiger partial charge is 0.464 e. The van der Waals surface area contributed by atoms with Crippen LogP contribution in [0.1, 0.15) is 54.1 Å². The highest BCUT2D eigenvalue weighted by molar-refractivity contribution is 6.32. The van der Waals surface area contributed by atoms with E-state index in [-0.39, 0.29) is 17.2 Å². The maximum atomic E-state index is 13.3. The highest BCUT2D eigenvalue weighted by Gasteiger charge is 2.25. The van der Waals surface area contributed by atoms with Crippen LogP contribution in [0.4, 0.5) is 0 Å². The number of aromatic nitrogens is 3. The van der Waals surface area contributed by atoms with E-state index in [0.29, 0.717) is 5.65 Å². The van der Waals surface area contributed by atoms with Crippen molar-refractivity contribution >= 4 is 24.9 Å². The molecule has 0 saturated heterocycles. The molecule has 1 aromatic carbocycles. The van der Waals surface area contributed by atoms with Crippen molar-refractivity contribution < 1.29 is 9.53 Å². The highest BCUT2D eigenvalue weighted by Crippen LogP contribution is 2.35. The first-order valence-electron chi connectivity index (χ1n) is 9.40. The Morgan fingerprint density at radius 3 is 2.59 bits per heavy atom. The number of H-pyrrole nitrogens is 1. The zero-order valence-corrected chi connectivity index (χ0v) is 15.6. The van der Waals surface area contributed by atoms with E-state index in [1.807, 2.05) is 32.1 Å². The molecule has 1 fully saturated rings. The van der Waals surface area contributed by atoms with Gasteiger partial charge in [0.2, 0.25) is 0 Å². The van der Waals surface area contributed by atoms with Crippen molar-refractivity contribution in [1.29, 1.82) is 0 Å². The van der Waals surface area contributed by atoms with Crippen molar-refractivity contribution in [2.45, 2.75) is 38.0 Å². The van der Waals surface area contributed by atoms with Gasteiger partial charge in [-0.25, -0.2) is 4.79 Å². The molecule has 2 heterocycles. The molecule has 27 heavy (non-hydrogen) atoms. The van der Waals surface area contributed by atoms with Crippen LogP contribution in [-0.4, -0.2) is 35.5 Å². The Kier molecular flexibility index (Phi) is 4.60. The normalized spacial score (nSPS) is 15.1. The number of benzene rings is 1. The molecule has 0 radical (unpaired) electrons. The number of aromatic amines is 1. The quantitative estimate of drug-likeness (QED) is 0.569. The molecule has 0 atom stereocenters. The minimum Gasteiger partial charge on any atom is -0.464 e. The van der Waals surface area contributed by atoms with Crippen LogP contribution in [0.5, 0.6) is 0 Å². The summed E-state index contributed by atoms with van der Waals surface area (Å²) in [6, 6.07) is 9.70. The van der Waals surface area contributed by atoms with Gasteiger partial charge in [-0.15, -0.1) is 0 Å². The fraction of sp³-hybridized carbons (Fsp3) is 0.350. The molecule has 3 aromatic rings. The molecule has 1 aliphatic rings. The second kappa shape index (κ2) is 7.06. The maximum Gasteiger partial charge on any atom is 0.358 e. The fourth-order valence-corrected chi connectivity index (χ4v) is 3.96. The van der Waals surface area contributed by atoms with Crippen molar-refractivity contribution in [3.8, 4) is 11.3 Å². The molecule has 0 bridgehead atoms. The molecule has 138 valence electrons. The lowest BCUT2D eigenvalue weighted by Gasteiger charge is -2.23. The van der Waals surface area contributed by atoms with Crippen molar-refractivity contribution in [2.75, 3.05) is 7.11 Å². The second-order valence-corrected chi connectivity index (χ2v) is 7.24. The molecule has 1 saturated carbocycles. The van der Waals surface area contributed by atoms with E-state index in [4.69, 9.17) is 4.74 Å². The lowest BCUT2D eigenvalue weighted by molar-refractivity contribution is 0.0593. The number of methoxy groups -OCH3 is 1. The molecule has 6 nitrogen and oxygen atoms in total. The van der Waals surface area contributed by atoms with Gasteiger partial charge >= 0.3 is 5.97 Å². The summed E-state index contributed by atoms with van der Waals surface area (Å²) in [5.74, 6) is -0.350. The van der Waals surface area contributed by atoms with Gasteiger partial charge in [0.15, 0.2) is 5.69 Å². The van der Waals surface area contributed by atoms with Crippen LogP contribution < -0.4 is 11.0 Å². The van der Waals surface area contributed by atoms with Gasteiger partial charge in [0.1, 0.15) is 13.5 Å². The van der Waals surface area contributed by atoms with Crippen LogP contribution >= 0.6 is 0 Å². The average molecular weight is 363 g/mol. The molecule has 4 rings (SSSR count). The van der Waals surface area contributed by atoms with Crippen LogP contribution in [0.3, 0.4) is 0 Å². The van der Waals surface area contributed by atoms with E-state index in [1.54, 1.807) is 6.07 Å². The summed E-state index contributed by atoms with van der Waals surface area (Å²) >= 11 is 0. The van der Waals surface area contributed by atoms with Crippen LogP contribution in [0.15, 0.2) is 35.1 Å². The van der Waals surface area contributed by atoms with Gasteiger partial charge in [0.25, 0.3) is 5.56 Å². The minimum atomic E-state index is -0.553. The molecule has 7 heteroatoms. The van der Waals surface area contributed by atoms with Crippen LogP contribution in [0.25, 0.3) is 16.9 Å². The summed E-state index contributed by atoms with van der Waals surface area (Å²) in [6.45, 7) is 0. The van der Waals surface area contributed by atoms with E-state index >= 15 is 0 Å². The van der Waals surface area contributed by atoms with Crippen LogP contribution in [-0.2, 0) is 4.74 Å². The Morgan fingerprint density at radius 2 is 1.93 bits per heavy atom. The zero-order valence-electron chi connectivity index (χ0n) is 15.6. The lowest BCUT2D eigenvalue weighted by Crippen LogP contribution is -2.25. The third-order valence-electron chi connectivity index (χ3n) is 5.40. The smallest absolute Gasteiger partial charge is 0.358 e. The molecule has 0 aliphatic heterocycles. The second-order valence-electron chi connectivity index (χ2n) is 7.24. The standard InChI is InChI=1S/C20H22BN3O3/c1-27-20(26)15-11-16-22-18(13-7-9-14(21)10-8-13)17(19(25)24(16)23-15)12-5-3-2-4-6-12/h7-12,22H,2-6,21H2,1H3. The summed E-state index contributed by atoms with van der Waals surface area (Å²) in [6.07, 6.45) is 5.46. The first-order valence-corrected chi connectivity index (χ1v) is 9.40. The predicted octanol–water partition coefficient (Wildman–Crippen LogP) is 1.78. The zero-order chi connectivity index (χ0) is 19.0. The topological polar surface area (TPSA) is 76.5 Å². The van der Waals surface area contributed by atoms with Crippen molar-refractivity contribution in [2.24, 2.45) is 0 Å². The number of hydrogen-bond acceptors (Lipinski definition) is 4. The average Bonchev–Trinajstić information content (AvgIpc) is 3.13. The Bertz CT molecular complexity index is 1050. The van der Waals surface area contributed by atoms with Crippen LogP contribution in [0.2, 0.25) is 0 Å². The number of rotatable bonds is 3. The first-order chi connectivity index (χ1) is 13.1. The van der Waals surface area contributed by atoms with Gasteiger partial charge in [-0.05, 0) is 24.3 Å². The third-order valence-corrected chi connectivity index (χ3v) is 5.40. The summed E-state index contributed by atoms with van der Waals surface area (Å²) in [7, 11) is 3.34. The van der Waals surface area contributed by atoms with Gasteiger partial charge in [0, 0.05) is 11.6 Å². The number of esters is 1. The lowest BCUT2D eigenvalue weighted by atomic mass is 9.82. The van der Waals surface area contributed by atoms with E-state index in [1.165, 1.54) is 23.5 Å². The number of nitrogens with zero attached hydrogens (tertiary/aromatic N) is 2. The number of carbonyl (C=O) groups is 1. The molecule has 1 aliphatic carbocycles. The summed E-state index contributed by atoms with van der Waals surface area (Å²) in [4.78, 5) is 28.6. The maximum absolute atomic E-state index is 13.3. The number of nitrogens with one attached hydrogen (secondary N) is 1. The number of ether oxygens (including phenoxy) is 1. The van der Waals surface area contributed by atoms with Crippen molar-refractivity contribution in [3.63, 3.8) is 0 Å². The highest BCUT2D eigenvalue weighted by atomic mass is 16.5. The minimum absolute atomic E-state index is 0.126. The summed E-state index contributed by atoms with van der Waals surface area (Å²) in [5, 5.41) is 4.19. The molecule has 0 amide bonds.